The van der Waals surface area contributed by atoms with E-state index in [0.29, 0.717) is 12.4 Å². The van der Waals surface area contributed by atoms with Crippen molar-refractivity contribution in [1.29, 1.82) is 0 Å². The van der Waals surface area contributed by atoms with E-state index in [1.807, 2.05) is 39.5 Å². The molecule has 0 aliphatic heterocycles. The third-order valence-electron chi connectivity index (χ3n) is 4.23. The molecule has 0 spiro atoms. The van der Waals surface area contributed by atoms with Crippen molar-refractivity contribution in [3.8, 4) is 11.4 Å². The molecule has 0 saturated carbocycles. The van der Waals surface area contributed by atoms with Crippen LogP contribution in [0.2, 0.25) is 0 Å². The molecule has 122 valence electrons. The highest BCUT2D eigenvalue weighted by molar-refractivity contribution is 5.92. The molecular weight excluding hydrogens is 314 g/mol. The van der Waals surface area contributed by atoms with Crippen LogP contribution in [0.1, 0.15) is 11.3 Å². The number of benzene rings is 1. The molecule has 0 saturated heterocycles. The number of rotatable bonds is 3. The van der Waals surface area contributed by atoms with Crippen molar-refractivity contribution < 1.29 is 0 Å². The van der Waals surface area contributed by atoms with Crippen LogP contribution in [0.15, 0.2) is 55.2 Å². The average Bonchev–Trinajstić information content (AvgIpc) is 3.32. The summed E-state index contributed by atoms with van der Waals surface area (Å²) >= 11 is 0. The van der Waals surface area contributed by atoms with Gasteiger partial charge in [0.1, 0.15) is 12.0 Å². The summed E-state index contributed by atoms with van der Waals surface area (Å²) in [6, 6.07) is 10.0. The number of nitrogens with zero attached hydrogens (tertiary/aromatic N) is 6. The van der Waals surface area contributed by atoms with E-state index in [4.69, 9.17) is 0 Å². The predicted octanol–water partition coefficient (Wildman–Crippen LogP) is 2.83. The summed E-state index contributed by atoms with van der Waals surface area (Å²) in [7, 11) is 0. The highest BCUT2D eigenvalue weighted by Crippen LogP contribution is 2.24. The standard InChI is InChI=1S/C18H15N7/c1-12-5-6-17-21-13(9-24(17)8-12)10-25-11-19-18(23-25)14-3-2-4-16-15(14)7-20-22-16/h2-9,11H,10H2,1H3,(H,20,22). The zero-order chi connectivity index (χ0) is 16.8. The van der Waals surface area contributed by atoms with Crippen LogP contribution in [-0.2, 0) is 6.54 Å². The molecule has 0 radical (unpaired) electrons. The molecule has 0 amide bonds. The zero-order valence-corrected chi connectivity index (χ0v) is 13.6. The van der Waals surface area contributed by atoms with E-state index in [1.165, 1.54) is 5.56 Å². The van der Waals surface area contributed by atoms with Gasteiger partial charge in [0.25, 0.3) is 0 Å². The van der Waals surface area contributed by atoms with Crippen molar-refractivity contribution in [1.82, 2.24) is 34.3 Å². The topological polar surface area (TPSA) is 76.7 Å². The molecule has 0 aliphatic carbocycles. The Labute approximate surface area is 143 Å². The molecule has 0 unspecified atom stereocenters. The molecule has 0 aliphatic rings. The first-order chi connectivity index (χ1) is 12.3. The number of H-pyrrole nitrogens is 1. The van der Waals surface area contributed by atoms with Gasteiger partial charge in [-0.1, -0.05) is 18.2 Å². The van der Waals surface area contributed by atoms with Gasteiger partial charge >= 0.3 is 0 Å². The van der Waals surface area contributed by atoms with Crippen LogP contribution in [0, 0.1) is 6.92 Å². The van der Waals surface area contributed by atoms with Crippen molar-refractivity contribution in [2.75, 3.05) is 0 Å². The number of pyridine rings is 1. The third kappa shape index (κ3) is 2.37. The monoisotopic (exact) mass is 329 g/mol. The molecule has 0 atom stereocenters. The Morgan fingerprint density at radius 2 is 2.08 bits per heavy atom. The molecule has 4 aromatic heterocycles. The summed E-state index contributed by atoms with van der Waals surface area (Å²) in [5.41, 5.74) is 5.03. The van der Waals surface area contributed by atoms with Crippen molar-refractivity contribution in [3.63, 3.8) is 0 Å². The molecule has 1 aromatic carbocycles. The van der Waals surface area contributed by atoms with Gasteiger partial charge in [0.05, 0.1) is 24.0 Å². The number of hydrogen-bond acceptors (Lipinski definition) is 4. The molecule has 5 rings (SSSR count). The fourth-order valence-corrected chi connectivity index (χ4v) is 3.06. The van der Waals surface area contributed by atoms with Crippen LogP contribution < -0.4 is 0 Å². The number of imidazole rings is 1. The maximum atomic E-state index is 4.63. The van der Waals surface area contributed by atoms with Gasteiger partial charge in [-0.15, -0.1) is 0 Å². The predicted molar refractivity (Wildman–Crippen MR) is 94.1 cm³/mol. The van der Waals surface area contributed by atoms with Gasteiger partial charge in [-0.25, -0.2) is 14.6 Å². The summed E-state index contributed by atoms with van der Waals surface area (Å²) in [5.74, 6) is 0.687. The van der Waals surface area contributed by atoms with Gasteiger partial charge in [-0.05, 0) is 24.6 Å². The quantitative estimate of drug-likeness (QED) is 0.552. The Kier molecular flexibility index (Phi) is 2.93. The minimum absolute atomic E-state index is 0.578. The second kappa shape index (κ2) is 5.27. The summed E-state index contributed by atoms with van der Waals surface area (Å²) in [6.45, 7) is 2.65. The highest BCUT2D eigenvalue weighted by Gasteiger charge is 2.10. The average molecular weight is 329 g/mol. The fourth-order valence-electron chi connectivity index (χ4n) is 3.06. The summed E-state index contributed by atoms with van der Waals surface area (Å²) < 4.78 is 3.84. The first kappa shape index (κ1) is 13.9. The van der Waals surface area contributed by atoms with Crippen molar-refractivity contribution in [3.05, 3.63) is 66.5 Å². The largest absolute Gasteiger partial charge is 0.306 e. The highest BCUT2D eigenvalue weighted by atomic mass is 15.3. The first-order valence-corrected chi connectivity index (χ1v) is 8.02. The number of aryl methyl sites for hydroxylation is 1. The summed E-state index contributed by atoms with van der Waals surface area (Å²) in [6.07, 6.45) is 7.64. The van der Waals surface area contributed by atoms with E-state index < -0.39 is 0 Å². The van der Waals surface area contributed by atoms with Crippen LogP contribution in [0.5, 0.6) is 0 Å². The lowest BCUT2D eigenvalue weighted by molar-refractivity contribution is 0.676. The van der Waals surface area contributed by atoms with E-state index in [2.05, 4.69) is 44.5 Å². The van der Waals surface area contributed by atoms with Gasteiger partial charge in [0, 0.05) is 23.3 Å². The molecule has 0 fully saturated rings. The molecule has 7 heteroatoms. The Balaban J connectivity index is 1.48. The van der Waals surface area contributed by atoms with E-state index in [-0.39, 0.29) is 0 Å². The molecule has 25 heavy (non-hydrogen) atoms. The molecule has 0 bridgehead atoms. The zero-order valence-electron chi connectivity index (χ0n) is 13.6. The smallest absolute Gasteiger partial charge is 0.181 e. The molecule has 1 N–H and O–H groups in total. The Bertz CT molecular complexity index is 1190. The van der Waals surface area contributed by atoms with E-state index in [9.17, 15) is 0 Å². The first-order valence-electron chi connectivity index (χ1n) is 8.02. The number of fused-ring (bicyclic) bond motifs is 2. The Morgan fingerprint density at radius 3 is 3.04 bits per heavy atom. The molecular formula is C18H15N7. The normalized spacial score (nSPS) is 11.6. The van der Waals surface area contributed by atoms with Crippen LogP contribution in [0.4, 0.5) is 0 Å². The lowest BCUT2D eigenvalue weighted by Crippen LogP contribution is -2.00. The number of nitrogens with one attached hydrogen (secondary N) is 1. The minimum Gasteiger partial charge on any atom is -0.306 e. The van der Waals surface area contributed by atoms with Crippen LogP contribution >= 0.6 is 0 Å². The summed E-state index contributed by atoms with van der Waals surface area (Å²) in [5, 5.41) is 12.7. The van der Waals surface area contributed by atoms with E-state index >= 15 is 0 Å². The number of aromatic nitrogens is 7. The van der Waals surface area contributed by atoms with Crippen molar-refractivity contribution in [2.24, 2.45) is 0 Å². The van der Waals surface area contributed by atoms with Crippen LogP contribution in [-0.4, -0.2) is 34.3 Å². The molecule has 5 aromatic rings. The maximum absolute atomic E-state index is 4.63. The number of aromatic amines is 1. The molecule has 4 heterocycles. The summed E-state index contributed by atoms with van der Waals surface area (Å²) in [4.78, 5) is 9.09. The second-order valence-electron chi connectivity index (χ2n) is 6.11. The van der Waals surface area contributed by atoms with Gasteiger partial charge in [-0.2, -0.15) is 10.2 Å². The van der Waals surface area contributed by atoms with E-state index in [1.54, 1.807) is 12.5 Å². The van der Waals surface area contributed by atoms with Gasteiger partial charge in [0.15, 0.2) is 5.82 Å². The maximum Gasteiger partial charge on any atom is 0.181 e. The minimum atomic E-state index is 0.578. The second-order valence-corrected chi connectivity index (χ2v) is 6.11. The molecule has 7 nitrogen and oxygen atoms in total. The van der Waals surface area contributed by atoms with Crippen LogP contribution in [0.3, 0.4) is 0 Å². The van der Waals surface area contributed by atoms with Gasteiger partial charge < -0.3 is 4.40 Å². The van der Waals surface area contributed by atoms with Gasteiger partial charge in [-0.3, -0.25) is 5.10 Å². The lowest BCUT2D eigenvalue weighted by atomic mass is 10.1. The third-order valence-corrected chi connectivity index (χ3v) is 4.23. The Morgan fingerprint density at radius 1 is 1.12 bits per heavy atom. The fraction of sp³-hybridized carbons (Fsp3) is 0.111. The van der Waals surface area contributed by atoms with Crippen molar-refractivity contribution >= 4 is 16.6 Å². The van der Waals surface area contributed by atoms with Crippen molar-refractivity contribution in [2.45, 2.75) is 13.5 Å². The number of hydrogen-bond donors (Lipinski definition) is 1. The SMILES string of the molecule is Cc1ccc2nc(Cn3cnc(-c4cccc5[nH]ncc45)n3)cn2c1. The lowest BCUT2D eigenvalue weighted by Gasteiger charge is -1.98. The van der Waals surface area contributed by atoms with E-state index in [0.717, 1.165) is 27.8 Å². The van der Waals surface area contributed by atoms with Gasteiger partial charge in [0.2, 0.25) is 0 Å². The Hall–Kier alpha value is -3.48. The van der Waals surface area contributed by atoms with Crippen LogP contribution in [0.25, 0.3) is 27.9 Å².